The Labute approximate surface area is 241 Å². The third-order valence-electron chi connectivity index (χ3n) is 8.70. The summed E-state index contributed by atoms with van der Waals surface area (Å²) in [5.74, 6) is 1.20. The molecule has 0 saturated carbocycles. The van der Waals surface area contributed by atoms with E-state index < -0.39 is 0 Å². The molecule has 4 saturated heterocycles. The third kappa shape index (κ3) is 6.85. The first-order valence-corrected chi connectivity index (χ1v) is 15.2. The maximum atomic E-state index is 6.48. The standard InChI is InChI=1S/C28H42ClN7O2S/c1-19-14-28(17-37-19)8-12-36(13-9-28)22-16-34-26(25(32)35-22)39-21(23(29)24(30)31)5-3-2-4-20-15-27(18-38-20)6-10-33-11-7-27/h2-3,5,16,19-20,33H,4,6-15,17-18,30-31H2,1H3,(H2,32,35)/b3-2+,21-5+/t19?,20-/m1/s1. The number of ether oxygens (including phenoxy) is 2. The number of nitrogens with zero attached hydrogens (tertiary/aromatic N) is 3. The molecule has 0 radical (unpaired) electrons. The molecule has 11 heteroatoms. The van der Waals surface area contributed by atoms with Gasteiger partial charge in [-0.05, 0) is 81.9 Å². The van der Waals surface area contributed by atoms with Crippen LogP contribution in [-0.2, 0) is 9.47 Å². The van der Waals surface area contributed by atoms with Crippen LogP contribution in [0.2, 0.25) is 0 Å². The fourth-order valence-electron chi connectivity index (χ4n) is 6.36. The van der Waals surface area contributed by atoms with Crippen molar-refractivity contribution in [1.29, 1.82) is 0 Å². The van der Waals surface area contributed by atoms with Crippen LogP contribution in [0.25, 0.3) is 0 Å². The molecule has 4 aliphatic heterocycles. The highest BCUT2D eigenvalue weighted by Gasteiger charge is 2.41. The second-order valence-corrected chi connectivity index (χ2v) is 13.1. The van der Waals surface area contributed by atoms with Gasteiger partial charge in [0.25, 0.3) is 0 Å². The van der Waals surface area contributed by atoms with E-state index in [0.717, 1.165) is 77.3 Å². The number of anilines is 2. The van der Waals surface area contributed by atoms with Crippen LogP contribution in [0, 0.1) is 10.8 Å². The smallest absolute Gasteiger partial charge is 0.158 e. The van der Waals surface area contributed by atoms with Crippen LogP contribution in [0.5, 0.6) is 0 Å². The van der Waals surface area contributed by atoms with Crippen molar-refractivity contribution in [3.8, 4) is 0 Å². The monoisotopic (exact) mass is 575 g/mol. The van der Waals surface area contributed by atoms with Crippen LogP contribution in [0.4, 0.5) is 11.6 Å². The van der Waals surface area contributed by atoms with Crippen molar-refractivity contribution in [3.05, 3.63) is 40.2 Å². The zero-order valence-electron chi connectivity index (χ0n) is 22.8. The van der Waals surface area contributed by atoms with Gasteiger partial charge in [-0.1, -0.05) is 35.5 Å². The Hall–Kier alpha value is -1.98. The largest absolute Gasteiger partial charge is 0.384 e. The molecule has 4 fully saturated rings. The summed E-state index contributed by atoms with van der Waals surface area (Å²) in [7, 11) is 0. The molecule has 0 aromatic carbocycles. The fraction of sp³-hybridized carbons (Fsp3) is 0.643. The molecule has 0 amide bonds. The van der Waals surface area contributed by atoms with E-state index in [-0.39, 0.29) is 17.0 Å². The minimum atomic E-state index is 0.0476. The van der Waals surface area contributed by atoms with E-state index >= 15 is 0 Å². The lowest BCUT2D eigenvalue weighted by Crippen LogP contribution is -2.41. The van der Waals surface area contributed by atoms with Crippen molar-refractivity contribution in [3.63, 3.8) is 0 Å². The number of nitrogen functional groups attached to an aromatic ring is 1. The van der Waals surface area contributed by atoms with E-state index in [1.807, 2.05) is 12.2 Å². The van der Waals surface area contributed by atoms with Gasteiger partial charge in [0, 0.05) is 18.0 Å². The van der Waals surface area contributed by atoms with Crippen LogP contribution in [0.15, 0.2) is 45.2 Å². The molecule has 4 aliphatic rings. The van der Waals surface area contributed by atoms with Gasteiger partial charge in [-0.3, -0.25) is 0 Å². The molecular weight excluding hydrogens is 534 g/mol. The van der Waals surface area contributed by atoms with Gasteiger partial charge >= 0.3 is 0 Å². The third-order valence-corrected chi connectivity index (χ3v) is 10.3. The predicted molar refractivity (Wildman–Crippen MR) is 158 cm³/mol. The van der Waals surface area contributed by atoms with Gasteiger partial charge in [-0.25, -0.2) is 9.97 Å². The summed E-state index contributed by atoms with van der Waals surface area (Å²) in [6.45, 7) is 7.90. The molecule has 1 aromatic rings. The summed E-state index contributed by atoms with van der Waals surface area (Å²) in [6.07, 6.45) is 16.0. The Morgan fingerprint density at radius 3 is 2.54 bits per heavy atom. The average Bonchev–Trinajstić information content (AvgIpc) is 3.49. The summed E-state index contributed by atoms with van der Waals surface area (Å²) in [5, 5.41) is 4.29. The lowest BCUT2D eigenvalue weighted by Gasteiger charge is -2.38. The summed E-state index contributed by atoms with van der Waals surface area (Å²) in [5.41, 5.74) is 18.7. The van der Waals surface area contributed by atoms with Crippen molar-refractivity contribution in [1.82, 2.24) is 15.3 Å². The van der Waals surface area contributed by atoms with Gasteiger partial charge in [0.15, 0.2) is 5.82 Å². The van der Waals surface area contributed by atoms with Crippen LogP contribution < -0.4 is 27.4 Å². The van der Waals surface area contributed by atoms with Crippen LogP contribution >= 0.6 is 23.4 Å². The number of halogens is 1. The number of hydrogen-bond donors (Lipinski definition) is 4. The van der Waals surface area contributed by atoms with E-state index in [1.165, 1.54) is 24.6 Å². The van der Waals surface area contributed by atoms with Crippen molar-refractivity contribution in [2.24, 2.45) is 22.3 Å². The van der Waals surface area contributed by atoms with Crippen molar-refractivity contribution < 1.29 is 9.47 Å². The number of nitrogens with one attached hydrogen (secondary N) is 1. The predicted octanol–water partition coefficient (Wildman–Crippen LogP) is 3.86. The molecule has 1 unspecified atom stereocenters. The molecule has 0 bridgehead atoms. The molecule has 214 valence electrons. The minimum Gasteiger partial charge on any atom is -0.384 e. The number of piperidine rings is 2. The Morgan fingerprint density at radius 1 is 1.15 bits per heavy atom. The van der Waals surface area contributed by atoms with Crippen molar-refractivity contribution >= 4 is 35.0 Å². The second kappa shape index (κ2) is 12.3. The molecule has 7 N–H and O–H groups in total. The number of allylic oxidation sites excluding steroid dienone is 3. The van der Waals surface area contributed by atoms with Gasteiger partial charge in [-0.2, -0.15) is 0 Å². The highest BCUT2D eigenvalue weighted by Crippen LogP contribution is 2.43. The number of rotatable bonds is 7. The number of aromatic nitrogens is 2. The molecule has 5 rings (SSSR count). The summed E-state index contributed by atoms with van der Waals surface area (Å²) in [4.78, 5) is 12.2. The van der Waals surface area contributed by atoms with E-state index in [1.54, 1.807) is 6.20 Å². The molecule has 0 aliphatic carbocycles. The van der Waals surface area contributed by atoms with Gasteiger partial charge in [0.2, 0.25) is 0 Å². The van der Waals surface area contributed by atoms with Gasteiger partial charge in [-0.15, -0.1) is 0 Å². The molecule has 2 spiro atoms. The molecule has 9 nitrogen and oxygen atoms in total. The topological polar surface area (TPSA) is 138 Å². The SMILES string of the molecule is CC1CC2(CCN(c3cnc(S/C(=C/C=C/C[C@@H]4CC5(CCNCC5)CO4)C(Cl)=C(N)N)c(N)n3)CC2)CO1. The summed E-state index contributed by atoms with van der Waals surface area (Å²) in [6, 6.07) is 0. The maximum absolute atomic E-state index is 6.48. The normalized spacial score (nSPS) is 26.6. The molecule has 2 atom stereocenters. The van der Waals surface area contributed by atoms with E-state index in [2.05, 4.69) is 33.2 Å². The van der Waals surface area contributed by atoms with E-state index in [9.17, 15) is 0 Å². The summed E-state index contributed by atoms with van der Waals surface area (Å²) < 4.78 is 12.0. The van der Waals surface area contributed by atoms with Crippen molar-refractivity contribution in [2.45, 2.75) is 69.1 Å². The van der Waals surface area contributed by atoms with Crippen LogP contribution in [-0.4, -0.2) is 61.6 Å². The van der Waals surface area contributed by atoms with Crippen LogP contribution in [0.1, 0.15) is 51.9 Å². The molecule has 39 heavy (non-hydrogen) atoms. The first-order valence-electron chi connectivity index (χ1n) is 14.0. The summed E-state index contributed by atoms with van der Waals surface area (Å²) >= 11 is 7.79. The van der Waals surface area contributed by atoms with Gasteiger partial charge in [0.1, 0.15) is 16.7 Å². The Bertz CT molecular complexity index is 1110. The fourth-order valence-corrected chi connectivity index (χ4v) is 7.35. The zero-order chi connectivity index (χ0) is 27.5. The maximum Gasteiger partial charge on any atom is 0.158 e. The quantitative estimate of drug-likeness (QED) is 0.280. The average molecular weight is 576 g/mol. The second-order valence-electron chi connectivity index (χ2n) is 11.7. The molecular formula is C28H42ClN7O2S. The van der Waals surface area contributed by atoms with Gasteiger partial charge in [0.05, 0.1) is 36.7 Å². The Morgan fingerprint density at radius 2 is 1.87 bits per heavy atom. The first kappa shape index (κ1) is 28.5. The lowest BCUT2D eigenvalue weighted by molar-refractivity contribution is 0.0880. The highest BCUT2D eigenvalue weighted by atomic mass is 35.5. The highest BCUT2D eigenvalue weighted by molar-refractivity contribution is 8.03. The van der Waals surface area contributed by atoms with E-state index in [4.69, 9.17) is 38.3 Å². The number of nitrogens with two attached hydrogens (primary N) is 3. The Balaban J connectivity index is 1.20. The molecule has 1 aromatic heterocycles. The van der Waals surface area contributed by atoms with Crippen LogP contribution in [0.3, 0.4) is 0 Å². The zero-order valence-corrected chi connectivity index (χ0v) is 24.4. The number of thioether (sulfide) groups is 1. The van der Waals surface area contributed by atoms with E-state index in [0.29, 0.717) is 32.7 Å². The first-order chi connectivity index (χ1) is 18.8. The lowest BCUT2D eigenvalue weighted by atomic mass is 9.77. The van der Waals surface area contributed by atoms with Gasteiger partial charge < -0.3 is 36.9 Å². The number of hydrogen-bond acceptors (Lipinski definition) is 10. The van der Waals surface area contributed by atoms with Crippen molar-refractivity contribution in [2.75, 3.05) is 50.0 Å². The minimum absolute atomic E-state index is 0.0476. The molecule has 5 heterocycles. The Kier molecular flexibility index (Phi) is 8.98.